The van der Waals surface area contributed by atoms with Gasteiger partial charge in [-0.3, -0.25) is 4.79 Å². The van der Waals surface area contributed by atoms with Crippen LogP contribution in [0.5, 0.6) is 0 Å². The first-order valence-electron chi connectivity index (χ1n) is 6.80. The van der Waals surface area contributed by atoms with Crippen LogP contribution in [0.1, 0.15) is 30.8 Å². The van der Waals surface area contributed by atoms with E-state index >= 15 is 0 Å². The third-order valence-electron chi connectivity index (χ3n) is 4.19. The van der Waals surface area contributed by atoms with Gasteiger partial charge in [0.25, 0.3) is 0 Å². The molecule has 0 spiro atoms. The van der Waals surface area contributed by atoms with Crippen molar-refractivity contribution in [2.24, 2.45) is 5.92 Å². The first-order valence-corrected chi connectivity index (χ1v) is 6.80. The van der Waals surface area contributed by atoms with Gasteiger partial charge in [0.1, 0.15) is 0 Å². The van der Waals surface area contributed by atoms with Crippen molar-refractivity contribution < 1.29 is 9.90 Å². The predicted octanol–water partition coefficient (Wildman–Crippen LogP) is 0.447. The van der Waals surface area contributed by atoms with E-state index in [2.05, 4.69) is 9.97 Å². The van der Waals surface area contributed by atoms with Crippen LogP contribution in [0, 0.1) is 19.8 Å². The van der Waals surface area contributed by atoms with E-state index in [1.54, 1.807) is 11.8 Å². The van der Waals surface area contributed by atoms with Gasteiger partial charge < -0.3 is 15.7 Å². The average molecular weight is 278 g/mol. The van der Waals surface area contributed by atoms with Crippen LogP contribution in [0.3, 0.4) is 0 Å². The van der Waals surface area contributed by atoms with E-state index in [1.807, 2.05) is 20.8 Å². The lowest BCUT2D eigenvalue weighted by Crippen LogP contribution is -2.36. The minimum Gasteiger partial charge on any atom is -0.388 e. The molecule has 0 aromatic carbocycles. The van der Waals surface area contributed by atoms with Crippen LogP contribution < -0.4 is 5.73 Å². The number of hydrogen-bond acceptors (Lipinski definition) is 5. The summed E-state index contributed by atoms with van der Waals surface area (Å²) in [6.45, 7) is 8.34. The number of carbonyl (C=O) groups is 1. The number of nitrogens with zero attached hydrogens (tertiary/aromatic N) is 3. The molecule has 1 aromatic heterocycles. The number of β-amino-alcohol motifs (C(OH)–C–C–N with tert-alkyl or cyclic N) is 1. The molecule has 0 saturated carbocycles. The molecule has 2 unspecified atom stereocenters. The highest BCUT2D eigenvalue weighted by Crippen LogP contribution is 2.27. The van der Waals surface area contributed by atoms with E-state index in [0.717, 1.165) is 17.0 Å². The molecule has 6 nitrogen and oxygen atoms in total. The van der Waals surface area contributed by atoms with E-state index in [-0.39, 0.29) is 24.2 Å². The second-order valence-electron chi connectivity index (χ2n) is 5.94. The van der Waals surface area contributed by atoms with Crippen molar-refractivity contribution in [3.8, 4) is 0 Å². The maximum Gasteiger partial charge on any atom is 0.227 e. The average Bonchev–Trinajstić information content (AvgIpc) is 2.58. The molecule has 1 aliphatic heterocycles. The summed E-state index contributed by atoms with van der Waals surface area (Å²) in [7, 11) is 0. The van der Waals surface area contributed by atoms with Crippen LogP contribution in [0.4, 0.5) is 5.95 Å². The molecule has 0 bridgehead atoms. The van der Waals surface area contributed by atoms with E-state index in [4.69, 9.17) is 5.73 Å². The van der Waals surface area contributed by atoms with Gasteiger partial charge in [-0.2, -0.15) is 0 Å². The molecule has 6 heteroatoms. The molecule has 1 saturated heterocycles. The number of hydrogen-bond donors (Lipinski definition) is 2. The minimum absolute atomic E-state index is 0.00537. The highest BCUT2D eigenvalue weighted by molar-refractivity contribution is 5.79. The zero-order valence-corrected chi connectivity index (χ0v) is 12.5. The molecular weight excluding hydrogens is 256 g/mol. The maximum absolute atomic E-state index is 12.4. The molecular formula is C14H22N4O2. The molecule has 0 aliphatic carbocycles. The highest BCUT2D eigenvalue weighted by atomic mass is 16.3. The fourth-order valence-corrected chi connectivity index (χ4v) is 2.61. The van der Waals surface area contributed by atoms with E-state index in [0.29, 0.717) is 13.1 Å². The van der Waals surface area contributed by atoms with Crippen LogP contribution in [0.2, 0.25) is 0 Å². The van der Waals surface area contributed by atoms with E-state index in [1.165, 1.54) is 0 Å². The fourth-order valence-electron chi connectivity index (χ4n) is 2.61. The molecule has 2 heterocycles. The Bertz CT molecular complexity index is 519. The van der Waals surface area contributed by atoms with E-state index in [9.17, 15) is 9.90 Å². The minimum atomic E-state index is -0.808. The van der Waals surface area contributed by atoms with Crippen molar-refractivity contribution in [3.05, 3.63) is 17.0 Å². The van der Waals surface area contributed by atoms with Crippen molar-refractivity contribution in [2.75, 3.05) is 18.8 Å². The molecule has 1 aromatic rings. The fraction of sp³-hybridized carbons (Fsp3) is 0.643. The second-order valence-corrected chi connectivity index (χ2v) is 5.94. The molecule has 2 atom stereocenters. The second kappa shape index (κ2) is 5.01. The lowest BCUT2D eigenvalue weighted by Gasteiger charge is -2.21. The first kappa shape index (κ1) is 14.7. The number of rotatable bonds is 2. The van der Waals surface area contributed by atoms with Gasteiger partial charge in [0.2, 0.25) is 11.9 Å². The summed E-state index contributed by atoms with van der Waals surface area (Å²) in [4.78, 5) is 22.3. The number of amides is 1. The SMILES string of the molecule is Cc1nc(N)nc(C)c1CC(=O)N1CC(C)C(C)(O)C1. The monoisotopic (exact) mass is 278 g/mol. The molecule has 2 rings (SSSR count). The summed E-state index contributed by atoms with van der Waals surface area (Å²) in [6.07, 6.45) is 0.251. The Morgan fingerprint density at radius 2 is 2.00 bits per heavy atom. The summed E-state index contributed by atoms with van der Waals surface area (Å²) in [5.41, 5.74) is 7.08. The molecule has 1 aliphatic rings. The number of anilines is 1. The van der Waals surface area contributed by atoms with Gasteiger partial charge in [-0.15, -0.1) is 0 Å². The standard InChI is InChI=1S/C14H22N4O2/c1-8-6-18(7-14(8,4)20)12(19)5-11-9(2)16-13(15)17-10(11)3/h8,20H,5-7H2,1-4H3,(H2,15,16,17). The topological polar surface area (TPSA) is 92.3 Å². The Morgan fingerprint density at radius 3 is 2.45 bits per heavy atom. The molecule has 3 N–H and O–H groups in total. The summed E-state index contributed by atoms with van der Waals surface area (Å²) in [5.74, 6) is 0.305. The van der Waals surface area contributed by atoms with Crippen molar-refractivity contribution in [3.63, 3.8) is 0 Å². The van der Waals surface area contributed by atoms with Gasteiger partial charge in [0, 0.05) is 36.0 Å². The van der Waals surface area contributed by atoms with Crippen LogP contribution in [0.15, 0.2) is 0 Å². The maximum atomic E-state index is 12.4. The van der Waals surface area contributed by atoms with Crippen LogP contribution in [0.25, 0.3) is 0 Å². The van der Waals surface area contributed by atoms with Gasteiger partial charge >= 0.3 is 0 Å². The van der Waals surface area contributed by atoms with Gasteiger partial charge in [-0.1, -0.05) is 6.92 Å². The summed E-state index contributed by atoms with van der Waals surface area (Å²) in [6, 6.07) is 0. The number of aromatic nitrogens is 2. The zero-order chi connectivity index (χ0) is 15.1. The van der Waals surface area contributed by atoms with Gasteiger partial charge in [0.05, 0.1) is 12.0 Å². The third-order valence-corrected chi connectivity index (χ3v) is 4.19. The quantitative estimate of drug-likeness (QED) is 0.819. The summed E-state index contributed by atoms with van der Waals surface area (Å²) < 4.78 is 0. The van der Waals surface area contributed by atoms with Gasteiger partial charge in [-0.05, 0) is 20.8 Å². The molecule has 20 heavy (non-hydrogen) atoms. The predicted molar refractivity (Wildman–Crippen MR) is 76.0 cm³/mol. The first-order chi connectivity index (χ1) is 9.20. The largest absolute Gasteiger partial charge is 0.388 e. The Labute approximate surface area is 119 Å². The van der Waals surface area contributed by atoms with Gasteiger partial charge in [0.15, 0.2) is 0 Å². The number of likely N-dealkylation sites (tertiary alicyclic amines) is 1. The normalized spacial score (nSPS) is 26.1. The number of nitrogen functional groups attached to an aromatic ring is 1. The molecule has 1 fully saturated rings. The van der Waals surface area contributed by atoms with Crippen molar-refractivity contribution in [1.82, 2.24) is 14.9 Å². The van der Waals surface area contributed by atoms with Crippen molar-refractivity contribution >= 4 is 11.9 Å². The van der Waals surface area contributed by atoms with Crippen LogP contribution in [-0.2, 0) is 11.2 Å². The van der Waals surface area contributed by atoms with Gasteiger partial charge in [-0.25, -0.2) is 9.97 Å². The Balaban J connectivity index is 2.14. The number of carbonyl (C=O) groups excluding carboxylic acids is 1. The van der Waals surface area contributed by atoms with Crippen LogP contribution >= 0.6 is 0 Å². The number of aliphatic hydroxyl groups is 1. The van der Waals surface area contributed by atoms with Crippen molar-refractivity contribution in [2.45, 2.75) is 39.7 Å². The Kier molecular flexibility index (Phi) is 3.69. The molecule has 1 amide bonds. The highest BCUT2D eigenvalue weighted by Gasteiger charge is 2.40. The lowest BCUT2D eigenvalue weighted by atomic mass is 9.95. The summed E-state index contributed by atoms with van der Waals surface area (Å²) >= 11 is 0. The number of nitrogens with two attached hydrogens (primary N) is 1. The smallest absolute Gasteiger partial charge is 0.227 e. The van der Waals surface area contributed by atoms with Crippen molar-refractivity contribution in [1.29, 1.82) is 0 Å². The summed E-state index contributed by atoms with van der Waals surface area (Å²) in [5, 5.41) is 10.2. The van der Waals surface area contributed by atoms with E-state index < -0.39 is 5.60 Å². The molecule has 110 valence electrons. The zero-order valence-electron chi connectivity index (χ0n) is 12.5. The molecule has 0 radical (unpaired) electrons. The Hall–Kier alpha value is -1.69. The lowest BCUT2D eigenvalue weighted by molar-refractivity contribution is -0.130. The van der Waals surface area contributed by atoms with Crippen LogP contribution in [-0.4, -0.2) is 44.6 Å². The Morgan fingerprint density at radius 1 is 1.45 bits per heavy atom. The third kappa shape index (κ3) is 2.75. The number of aryl methyl sites for hydroxylation is 2.